The Kier molecular flexibility index (Phi) is 8.18. The molecule has 0 aliphatic carbocycles. The first-order valence-corrected chi connectivity index (χ1v) is 11.2. The summed E-state index contributed by atoms with van der Waals surface area (Å²) in [6.45, 7) is 2.01. The molecule has 0 aromatic heterocycles. The predicted octanol–water partition coefficient (Wildman–Crippen LogP) is 6.78. The van der Waals surface area contributed by atoms with Gasteiger partial charge in [-0.3, -0.25) is 4.79 Å². The number of halogens is 6. The number of ketones is 1. The van der Waals surface area contributed by atoms with Gasteiger partial charge in [0.1, 0.15) is 23.9 Å². The van der Waals surface area contributed by atoms with Crippen molar-refractivity contribution in [2.45, 2.75) is 38.4 Å². The summed E-state index contributed by atoms with van der Waals surface area (Å²) in [4.78, 5) is 24.7. The van der Waals surface area contributed by atoms with Crippen LogP contribution in [0.4, 0.5) is 26.3 Å². The molecule has 0 saturated heterocycles. The highest BCUT2D eigenvalue weighted by atomic mass is 19.4. The lowest BCUT2D eigenvalue weighted by molar-refractivity contribution is -0.152. The van der Waals surface area contributed by atoms with E-state index in [1.165, 1.54) is 63.4 Å². The van der Waals surface area contributed by atoms with E-state index in [-0.39, 0.29) is 34.3 Å². The normalized spacial score (nSPS) is 12.1. The zero-order valence-electron chi connectivity index (χ0n) is 20.7. The van der Waals surface area contributed by atoms with E-state index in [9.17, 15) is 41.0 Å². The van der Waals surface area contributed by atoms with Gasteiger partial charge in [-0.05, 0) is 74.0 Å². The molecule has 0 unspecified atom stereocenters. The number of ether oxygens (including phenoxy) is 3. The summed E-state index contributed by atoms with van der Waals surface area (Å²) < 4.78 is 94.5. The molecule has 3 aromatic rings. The lowest BCUT2D eigenvalue weighted by Gasteiger charge is -2.23. The maximum absolute atomic E-state index is 13.2. The molecule has 39 heavy (non-hydrogen) atoms. The molecule has 208 valence electrons. The number of carbonyl (C=O) groups is 2. The Labute approximate surface area is 218 Å². The summed E-state index contributed by atoms with van der Waals surface area (Å²) in [5.41, 5.74) is -4.78. The zero-order chi connectivity index (χ0) is 29.2. The fraction of sp³-hybridized carbons (Fsp3) is 0.259. The number of carbonyl (C=O) groups excluding carboxylic acids is 1. The van der Waals surface area contributed by atoms with Crippen LogP contribution in [-0.2, 0) is 23.8 Å². The van der Waals surface area contributed by atoms with Crippen molar-refractivity contribution in [3.05, 3.63) is 88.5 Å². The van der Waals surface area contributed by atoms with Crippen molar-refractivity contribution in [3.63, 3.8) is 0 Å². The van der Waals surface area contributed by atoms with Crippen LogP contribution in [0.3, 0.4) is 0 Å². The molecule has 1 N–H and O–H groups in total. The molecule has 0 amide bonds. The number of aliphatic carboxylic acids is 1. The Morgan fingerprint density at radius 3 is 1.82 bits per heavy atom. The van der Waals surface area contributed by atoms with Gasteiger partial charge in [0.25, 0.3) is 0 Å². The first kappa shape index (κ1) is 29.3. The van der Waals surface area contributed by atoms with Crippen molar-refractivity contribution in [2.75, 3.05) is 7.11 Å². The van der Waals surface area contributed by atoms with Crippen LogP contribution in [-0.4, -0.2) is 29.6 Å². The van der Waals surface area contributed by atoms with Gasteiger partial charge in [0.15, 0.2) is 11.4 Å². The molecule has 0 spiro atoms. The van der Waals surface area contributed by atoms with Crippen LogP contribution in [0.25, 0.3) is 0 Å². The van der Waals surface area contributed by atoms with E-state index >= 15 is 0 Å². The Hall–Kier alpha value is -4.22. The lowest BCUT2D eigenvalue weighted by Crippen LogP contribution is -2.38. The fourth-order valence-electron chi connectivity index (χ4n) is 3.35. The summed E-state index contributed by atoms with van der Waals surface area (Å²) in [6, 6.07) is 10.7. The van der Waals surface area contributed by atoms with Gasteiger partial charge in [-0.15, -0.1) is 0 Å². The predicted molar refractivity (Wildman–Crippen MR) is 126 cm³/mol. The topological polar surface area (TPSA) is 82.1 Å². The van der Waals surface area contributed by atoms with E-state index in [0.29, 0.717) is 17.9 Å². The van der Waals surface area contributed by atoms with E-state index in [2.05, 4.69) is 0 Å². The number of rotatable bonds is 9. The fourth-order valence-corrected chi connectivity index (χ4v) is 3.35. The molecular weight excluding hydrogens is 534 g/mol. The van der Waals surface area contributed by atoms with Crippen molar-refractivity contribution < 1.29 is 55.2 Å². The van der Waals surface area contributed by atoms with Gasteiger partial charge in [-0.2, -0.15) is 26.3 Å². The van der Waals surface area contributed by atoms with Crippen molar-refractivity contribution in [1.29, 1.82) is 0 Å². The van der Waals surface area contributed by atoms with Gasteiger partial charge in [0, 0.05) is 11.6 Å². The van der Waals surface area contributed by atoms with E-state index in [1.54, 1.807) is 0 Å². The molecule has 0 heterocycles. The SMILES string of the molecule is COc1ccc(C(=O)c2ccc(OCc3cc(C(F)(F)F)cc(C(F)(F)F)c3)cc2)c(OC(C)(C)C(=O)O)c1. The van der Waals surface area contributed by atoms with E-state index in [1.807, 2.05) is 0 Å². The van der Waals surface area contributed by atoms with Crippen LogP contribution in [0.5, 0.6) is 17.2 Å². The molecule has 3 aromatic carbocycles. The van der Waals surface area contributed by atoms with Crippen LogP contribution in [0, 0.1) is 0 Å². The molecule has 0 atom stereocenters. The van der Waals surface area contributed by atoms with Crippen molar-refractivity contribution in [1.82, 2.24) is 0 Å². The molecule has 6 nitrogen and oxygen atoms in total. The van der Waals surface area contributed by atoms with E-state index in [4.69, 9.17) is 14.2 Å². The number of carboxylic acids is 1. The zero-order valence-corrected chi connectivity index (χ0v) is 20.7. The average Bonchev–Trinajstić information content (AvgIpc) is 2.85. The summed E-state index contributed by atoms with van der Waals surface area (Å²) in [7, 11) is 1.38. The number of benzene rings is 3. The summed E-state index contributed by atoms with van der Waals surface area (Å²) in [5.74, 6) is -1.47. The van der Waals surface area contributed by atoms with Crippen LogP contribution < -0.4 is 14.2 Å². The second-order valence-corrected chi connectivity index (χ2v) is 8.84. The Bertz CT molecular complexity index is 1330. The smallest absolute Gasteiger partial charge is 0.416 e. The molecule has 0 fully saturated rings. The molecule has 12 heteroatoms. The minimum Gasteiger partial charge on any atom is -0.497 e. The first-order valence-electron chi connectivity index (χ1n) is 11.2. The monoisotopic (exact) mass is 556 g/mol. The molecule has 0 saturated carbocycles. The van der Waals surface area contributed by atoms with Crippen LogP contribution in [0.1, 0.15) is 46.5 Å². The van der Waals surface area contributed by atoms with Crippen molar-refractivity contribution in [3.8, 4) is 17.2 Å². The standard InChI is InChI=1S/C27H22F6O6/c1-25(2,24(35)36)39-22-13-20(37-3)8-9-21(22)23(34)16-4-6-19(7-5-16)38-14-15-10-17(26(28,29)30)12-18(11-15)27(31,32)33/h4-13H,14H2,1-3H3,(H,35,36). The second kappa shape index (κ2) is 10.9. The van der Waals surface area contributed by atoms with Gasteiger partial charge < -0.3 is 19.3 Å². The highest BCUT2D eigenvalue weighted by Gasteiger charge is 2.37. The molecule has 0 bridgehead atoms. The third kappa shape index (κ3) is 7.21. The molecular formula is C27H22F6O6. The summed E-state index contributed by atoms with van der Waals surface area (Å²) >= 11 is 0. The second-order valence-electron chi connectivity index (χ2n) is 8.84. The van der Waals surface area contributed by atoms with Crippen molar-refractivity contribution in [2.24, 2.45) is 0 Å². The van der Waals surface area contributed by atoms with Gasteiger partial charge >= 0.3 is 18.3 Å². The van der Waals surface area contributed by atoms with Gasteiger partial charge in [-0.25, -0.2) is 4.79 Å². The third-order valence-electron chi connectivity index (χ3n) is 5.48. The first-order chi connectivity index (χ1) is 18.0. The van der Waals surface area contributed by atoms with Crippen LogP contribution >= 0.6 is 0 Å². The highest BCUT2D eigenvalue weighted by Crippen LogP contribution is 2.37. The maximum atomic E-state index is 13.2. The third-order valence-corrected chi connectivity index (χ3v) is 5.48. The Morgan fingerprint density at radius 2 is 1.33 bits per heavy atom. The number of hydrogen-bond donors (Lipinski definition) is 1. The number of hydrogen-bond acceptors (Lipinski definition) is 5. The van der Waals surface area contributed by atoms with E-state index < -0.39 is 47.4 Å². The highest BCUT2D eigenvalue weighted by molar-refractivity contribution is 6.11. The minimum absolute atomic E-state index is 0.0264. The maximum Gasteiger partial charge on any atom is 0.416 e. The van der Waals surface area contributed by atoms with Crippen molar-refractivity contribution >= 4 is 11.8 Å². The quantitative estimate of drug-likeness (QED) is 0.231. The minimum atomic E-state index is -4.98. The number of alkyl halides is 6. The molecule has 3 rings (SSSR count). The van der Waals surface area contributed by atoms with Crippen LogP contribution in [0.2, 0.25) is 0 Å². The number of methoxy groups -OCH3 is 1. The average molecular weight is 556 g/mol. The molecule has 0 aliphatic rings. The van der Waals surface area contributed by atoms with Gasteiger partial charge in [0.2, 0.25) is 0 Å². The summed E-state index contributed by atoms with van der Waals surface area (Å²) in [6.07, 6.45) is -9.97. The Balaban J connectivity index is 1.82. The molecule has 0 aliphatic heterocycles. The Morgan fingerprint density at radius 1 is 0.795 bits per heavy atom. The summed E-state index contributed by atoms with van der Waals surface area (Å²) in [5, 5.41) is 9.38. The van der Waals surface area contributed by atoms with Gasteiger partial charge in [-0.1, -0.05) is 0 Å². The van der Waals surface area contributed by atoms with Crippen LogP contribution in [0.15, 0.2) is 60.7 Å². The lowest BCUT2D eigenvalue weighted by atomic mass is 10.0. The van der Waals surface area contributed by atoms with Gasteiger partial charge in [0.05, 0.1) is 23.8 Å². The van der Waals surface area contributed by atoms with E-state index in [0.717, 1.165) is 0 Å². The molecule has 0 radical (unpaired) electrons. The largest absolute Gasteiger partial charge is 0.497 e. The number of carboxylic acid groups (broad SMARTS) is 1.